The molecule has 0 bridgehead atoms. The zero-order chi connectivity index (χ0) is 21.0. The maximum absolute atomic E-state index is 12.7. The summed E-state index contributed by atoms with van der Waals surface area (Å²) < 4.78 is 39.6. The Balaban J connectivity index is 1.63. The maximum Gasteiger partial charge on any atom is 0.416 e. The number of carbonyl (C=O) groups excluding carboxylic acids is 1. The SMILES string of the molecule is Cc1c(NC(=O)C(C)Cc2ccccc2)nnn1Cc1ccc(C(F)(F)F)cc1. The molecule has 8 heteroatoms. The van der Waals surface area contributed by atoms with E-state index in [1.807, 2.05) is 37.3 Å². The smallest absolute Gasteiger partial charge is 0.307 e. The predicted molar refractivity (Wildman–Crippen MR) is 103 cm³/mol. The number of anilines is 1. The average molecular weight is 402 g/mol. The van der Waals surface area contributed by atoms with Crippen molar-refractivity contribution in [3.63, 3.8) is 0 Å². The normalized spacial score (nSPS) is 12.6. The van der Waals surface area contributed by atoms with Crippen LogP contribution in [-0.2, 0) is 23.9 Å². The summed E-state index contributed by atoms with van der Waals surface area (Å²) in [7, 11) is 0. The van der Waals surface area contributed by atoms with E-state index in [9.17, 15) is 18.0 Å². The van der Waals surface area contributed by atoms with Gasteiger partial charge in [0, 0.05) is 5.92 Å². The summed E-state index contributed by atoms with van der Waals surface area (Å²) in [5.74, 6) is -0.0720. The van der Waals surface area contributed by atoms with Crippen LogP contribution in [0.1, 0.15) is 29.3 Å². The first-order valence-electron chi connectivity index (χ1n) is 9.15. The number of amides is 1. The summed E-state index contributed by atoms with van der Waals surface area (Å²) in [4.78, 5) is 12.5. The first-order chi connectivity index (χ1) is 13.7. The Morgan fingerprint density at radius 1 is 1.07 bits per heavy atom. The van der Waals surface area contributed by atoms with E-state index in [1.54, 1.807) is 11.6 Å². The van der Waals surface area contributed by atoms with Crippen molar-refractivity contribution in [3.8, 4) is 0 Å². The van der Waals surface area contributed by atoms with Gasteiger partial charge in [-0.2, -0.15) is 13.2 Å². The Kier molecular flexibility index (Phi) is 6.00. The van der Waals surface area contributed by atoms with Gasteiger partial charge in [-0.1, -0.05) is 54.6 Å². The molecule has 3 rings (SSSR count). The Labute approximate surface area is 166 Å². The average Bonchev–Trinajstić information content (AvgIpc) is 3.02. The molecule has 29 heavy (non-hydrogen) atoms. The van der Waals surface area contributed by atoms with Gasteiger partial charge in [0.2, 0.25) is 5.91 Å². The molecule has 2 aromatic carbocycles. The molecule has 1 aromatic heterocycles. The molecular weight excluding hydrogens is 381 g/mol. The first kappa shape index (κ1) is 20.6. The van der Waals surface area contributed by atoms with E-state index in [4.69, 9.17) is 0 Å². The van der Waals surface area contributed by atoms with Crippen molar-refractivity contribution in [1.82, 2.24) is 15.0 Å². The standard InChI is InChI=1S/C21H21F3N4O/c1-14(12-16-6-4-3-5-7-16)20(29)25-19-15(2)28(27-26-19)13-17-8-10-18(11-9-17)21(22,23)24/h3-11,14H,12-13H2,1-2H3,(H,25,29). The molecule has 1 N–H and O–H groups in total. The number of benzene rings is 2. The summed E-state index contributed by atoms with van der Waals surface area (Å²) in [5, 5.41) is 10.8. The highest BCUT2D eigenvalue weighted by atomic mass is 19.4. The quantitative estimate of drug-likeness (QED) is 0.662. The fourth-order valence-corrected chi connectivity index (χ4v) is 2.90. The highest BCUT2D eigenvalue weighted by Crippen LogP contribution is 2.29. The summed E-state index contributed by atoms with van der Waals surface area (Å²) in [5.41, 5.74) is 1.65. The van der Waals surface area contributed by atoms with Crippen LogP contribution >= 0.6 is 0 Å². The molecule has 1 heterocycles. The van der Waals surface area contributed by atoms with Gasteiger partial charge in [-0.25, -0.2) is 4.68 Å². The van der Waals surface area contributed by atoms with Gasteiger partial charge in [0.15, 0.2) is 5.82 Å². The third-order valence-electron chi connectivity index (χ3n) is 4.67. The number of hydrogen-bond donors (Lipinski definition) is 1. The van der Waals surface area contributed by atoms with Gasteiger partial charge in [0.1, 0.15) is 0 Å². The van der Waals surface area contributed by atoms with E-state index in [1.165, 1.54) is 12.1 Å². The predicted octanol–water partition coefficient (Wildman–Crippen LogP) is 4.47. The van der Waals surface area contributed by atoms with Crippen molar-refractivity contribution in [3.05, 3.63) is 77.0 Å². The van der Waals surface area contributed by atoms with Crippen molar-refractivity contribution in [2.45, 2.75) is 33.0 Å². The third-order valence-corrected chi connectivity index (χ3v) is 4.67. The van der Waals surface area contributed by atoms with Crippen LogP contribution in [0.2, 0.25) is 0 Å². The number of aromatic nitrogens is 3. The van der Waals surface area contributed by atoms with E-state index in [2.05, 4.69) is 15.6 Å². The molecule has 1 amide bonds. The summed E-state index contributed by atoms with van der Waals surface area (Å²) in [6, 6.07) is 14.6. The number of nitrogens with zero attached hydrogens (tertiary/aromatic N) is 3. The fourth-order valence-electron chi connectivity index (χ4n) is 2.90. The Bertz CT molecular complexity index is 966. The van der Waals surface area contributed by atoms with E-state index >= 15 is 0 Å². The zero-order valence-corrected chi connectivity index (χ0v) is 16.1. The summed E-state index contributed by atoms with van der Waals surface area (Å²) in [6.07, 6.45) is -3.76. The molecule has 1 atom stereocenters. The second-order valence-corrected chi connectivity index (χ2v) is 6.96. The highest BCUT2D eigenvalue weighted by molar-refractivity contribution is 5.92. The van der Waals surface area contributed by atoms with Gasteiger partial charge in [-0.3, -0.25) is 4.79 Å². The van der Waals surface area contributed by atoms with Crippen LogP contribution < -0.4 is 5.32 Å². The van der Waals surface area contributed by atoms with Gasteiger partial charge in [-0.05, 0) is 36.6 Å². The van der Waals surface area contributed by atoms with Crippen molar-refractivity contribution in [2.75, 3.05) is 5.32 Å². The zero-order valence-electron chi connectivity index (χ0n) is 16.1. The minimum absolute atomic E-state index is 0.168. The minimum atomic E-state index is -4.37. The van der Waals surface area contributed by atoms with Gasteiger partial charge < -0.3 is 5.32 Å². The molecule has 5 nitrogen and oxygen atoms in total. The number of halogens is 3. The minimum Gasteiger partial charge on any atom is -0.307 e. The number of nitrogens with one attached hydrogen (secondary N) is 1. The lowest BCUT2D eigenvalue weighted by Crippen LogP contribution is -2.22. The first-order valence-corrected chi connectivity index (χ1v) is 9.15. The molecule has 0 radical (unpaired) electrons. The molecule has 0 saturated heterocycles. The second kappa shape index (κ2) is 8.46. The van der Waals surface area contributed by atoms with Crippen LogP contribution in [0, 0.1) is 12.8 Å². The van der Waals surface area contributed by atoms with Crippen LogP contribution in [-0.4, -0.2) is 20.9 Å². The molecule has 3 aromatic rings. The van der Waals surface area contributed by atoms with Crippen molar-refractivity contribution >= 4 is 11.7 Å². The molecule has 0 aliphatic heterocycles. The van der Waals surface area contributed by atoms with Crippen LogP contribution in [0.3, 0.4) is 0 Å². The Hall–Kier alpha value is -3.16. The van der Waals surface area contributed by atoms with E-state index < -0.39 is 11.7 Å². The van der Waals surface area contributed by atoms with E-state index in [0.717, 1.165) is 17.7 Å². The number of carbonyl (C=O) groups is 1. The molecule has 0 aliphatic rings. The van der Waals surface area contributed by atoms with Crippen molar-refractivity contribution in [2.24, 2.45) is 5.92 Å². The van der Waals surface area contributed by atoms with Gasteiger partial charge >= 0.3 is 6.18 Å². The Morgan fingerprint density at radius 3 is 2.34 bits per heavy atom. The van der Waals surface area contributed by atoms with Crippen LogP contribution in [0.5, 0.6) is 0 Å². The number of hydrogen-bond acceptors (Lipinski definition) is 3. The molecule has 1 unspecified atom stereocenters. The number of alkyl halides is 3. The van der Waals surface area contributed by atoms with Crippen LogP contribution in [0.25, 0.3) is 0 Å². The molecule has 0 saturated carbocycles. The van der Waals surface area contributed by atoms with Crippen LogP contribution in [0.15, 0.2) is 54.6 Å². The van der Waals surface area contributed by atoms with E-state index in [0.29, 0.717) is 23.5 Å². The van der Waals surface area contributed by atoms with Crippen LogP contribution in [0.4, 0.5) is 19.0 Å². The molecule has 0 fully saturated rings. The van der Waals surface area contributed by atoms with Gasteiger partial charge in [0.25, 0.3) is 0 Å². The lowest BCUT2D eigenvalue weighted by Gasteiger charge is -2.11. The molecular formula is C21H21F3N4O. The fraction of sp³-hybridized carbons (Fsp3) is 0.286. The van der Waals surface area contributed by atoms with Gasteiger partial charge in [-0.15, -0.1) is 5.10 Å². The molecule has 152 valence electrons. The number of rotatable bonds is 6. The maximum atomic E-state index is 12.7. The monoisotopic (exact) mass is 402 g/mol. The lowest BCUT2D eigenvalue weighted by atomic mass is 10.0. The summed E-state index contributed by atoms with van der Waals surface area (Å²) >= 11 is 0. The Morgan fingerprint density at radius 2 is 1.72 bits per heavy atom. The van der Waals surface area contributed by atoms with Crippen molar-refractivity contribution in [1.29, 1.82) is 0 Å². The second-order valence-electron chi connectivity index (χ2n) is 6.96. The van der Waals surface area contributed by atoms with E-state index in [-0.39, 0.29) is 18.4 Å². The molecule has 0 aliphatic carbocycles. The summed E-state index contributed by atoms with van der Waals surface area (Å²) in [6.45, 7) is 3.85. The topological polar surface area (TPSA) is 59.8 Å². The molecule has 0 spiro atoms. The largest absolute Gasteiger partial charge is 0.416 e. The van der Waals surface area contributed by atoms with Gasteiger partial charge in [0.05, 0.1) is 17.8 Å². The highest BCUT2D eigenvalue weighted by Gasteiger charge is 2.30. The van der Waals surface area contributed by atoms with Crippen molar-refractivity contribution < 1.29 is 18.0 Å². The lowest BCUT2D eigenvalue weighted by molar-refractivity contribution is -0.137. The third kappa shape index (κ3) is 5.22.